The van der Waals surface area contributed by atoms with Gasteiger partial charge in [0.2, 0.25) is 0 Å². The molecular weight excluding hydrogens is 192 g/mol. The van der Waals surface area contributed by atoms with Gasteiger partial charge >= 0.3 is 5.97 Å². The van der Waals surface area contributed by atoms with Gasteiger partial charge in [-0.25, -0.2) is 4.79 Å². The van der Waals surface area contributed by atoms with Gasteiger partial charge in [-0.15, -0.1) is 0 Å². The fourth-order valence-corrected chi connectivity index (χ4v) is 1.14. The molecule has 0 bridgehead atoms. The van der Waals surface area contributed by atoms with Crippen LogP contribution in [0.2, 0.25) is 0 Å². The SMILES string of the molecule is COC(=O)c1cc(C=C(C)C)ncc1N. The number of hydrogen-bond acceptors (Lipinski definition) is 4. The van der Waals surface area contributed by atoms with E-state index in [-0.39, 0.29) is 0 Å². The first-order valence-corrected chi connectivity index (χ1v) is 4.53. The van der Waals surface area contributed by atoms with Crippen molar-refractivity contribution in [1.29, 1.82) is 0 Å². The van der Waals surface area contributed by atoms with Crippen LogP contribution in [0.1, 0.15) is 29.9 Å². The van der Waals surface area contributed by atoms with Crippen LogP contribution in [0.4, 0.5) is 5.69 Å². The first-order chi connectivity index (χ1) is 7.04. The zero-order valence-corrected chi connectivity index (χ0v) is 9.07. The zero-order valence-electron chi connectivity index (χ0n) is 9.07. The van der Waals surface area contributed by atoms with Gasteiger partial charge in [-0.1, -0.05) is 5.57 Å². The molecule has 0 saturated carbocycles. The predicted octanol–water partition coefficient (Wildman–Crippen LogP) is 1.87. The Labute approximate surface area is 88.8 Å². The second-order valence-corrected chi connectivity index (χ2v) is 3.41. The summed E-state index contributed by atoms with van der Waals surface area (Å²) in [5.74, 6) is -0.446. The molecule has 0 aliphatic rings. The number of rotatable bonds is 2. The molecule has 4 heteroatoms. The first-order valence-electron chi connectivity index (χ1n) is 4.53. The highest BCUT2D eigenvalue weighted by molar-refractivity contribution is 5.95. The number of anilines is 1. The summed E-state index contributed by atoms with van der Waals surface area (Å²) >= 11 is 0. The number of nitrogens with zero attached hydrogens (tertiary/aromatic N) is 1. The average molecular weight is 206 g/mol. The Bertz CT molecular complexity index is 407. The molecule has 0 fully saturated rings. The number of pyridine rings is 1. The van der Waals surface area contributed by atoms with Crippen LogP contribution in [0, 0.1) is 0 Å². The molecule has 1 rings (SSSR count). The highest BCUT2D eigenvalue weighted by Crippen LogP contribution is 2.14. The summed E-state index contributed by atoms with van der Waals surface area (Å²) in [6.07, 6.45) is 3.33. The van der Waals surface area contributed by atoms with Gasteiger partial charge in [-0.3, -0.25) is 4.98 Å². The van der Waals surface area contributed by atoms with Crippen LogP contribution < -0.4 is 5.73 Å². The van der Waals surface area contributed by atoms with Gasteiger partial charge < -0.3 is 10.5 Å². The van der Waals surface area contributed by atoms with E-state index >= 15 is 0 Å². The normalized spacial score (nSPS) is 9.53. The second kappa shape index (κ2) is 4.59. The quantitative estimate of drug-likeness (QED) is 0.750. The number of allylic oxidation sites excluding steroid dienone is 1. The summed E-state index contributed by atoms with van der Waals surface area (Å²) < 4.78 is 4.61. The number of nitrogens with two attached hydrogens (primary N) is 1. The first kappa shape index (κ1) is 11.2. The molecule has 4 nitrogen and oxygen atoms in total. The summed E-state index contributed by atoms with van der Waals surface area (Å²) in [5.41, 5.74) is 8.09. The molecule has 0 aliphatic heterocycles. The van der Waals surface area contributed by atoms with Crippen LogP contribution in [0.15, 0.2) is 17.8 Å². The van der Waals surface area contributed by atoms with E-state index in [2.05, 4.69) is 9.72 Å². The van der Waals surface area contributed by atoms with Gasteiger partial charge in [0.05, 0.1) is 30.3 Å². The Morgan fingerprint density at radius 3 is 2.73 bits per heavy atom. The van der Waals surface area contributed by atoms with Crippen molar-refractivity contribution < 1.29 is 9.53 Å². The smallest absolute Gasteiger partial charge is 0.340 e. The van der Waals surface area contributed by atoms with Crippen molar-refractivity contribution in [2.45, 2.75) is 13.8 Å². The molecular formula is C11H14N2O2. The number of nitrogen functional groups attached to an aromatic ring is 1. The van der Waals surface area contributed by atoms with Crippen molar-refractivity contribution in [1.82, 2.24) is 4.98 Å². The van der Waals surface area contributed by atoms with Gasteiger partial charge in [0.1, 0.15) is 0 Å². The maximum absolute atomic E-state index is 11.3. The molecule has 0 amide bonds. The van der Waals surface area contributed by atoms with E-state index in [4.69, 9.17) is 5.73 Å². The Morgan fingerprint density at radius 2 is 2.20 bits per heavy atom. The fourth-order valence-electron chi connectivity index (χ4n) is 1.14. The molecule has 1 heterocycles. The maximum atomic E-state index is 11.3. The van der Waals surface area contributed by atoms with Crippen molar-refractivity contribution in [3.63, 3.8) is 0 Å². The van der Waals surface area contributed by atoms with Gasteiger partial charge in [0.25, 0.3) is 0 Å². The minimum absolute atomic E-state index is 0.327. The van der Waals surface area contributed by atoms with Crippen LogP contribution in [-0.4, -0.2) is 18.1 Å². The standard InChI is InChI=1S/C11H14N2O2/c1-7(2)4-8-5-9(11(14)15-3)10(12)6-13-8/h4-6H,12H2,1-3H3. The summed E-state index contributed by atoms with van der Waals surface area (Å²) in [7, 11) is 1.32. The molecule has 0 atom stereocenters. The highest BCUT2D eigenvalue weighted by Gasteiger charge is 2.10. The summed E-state index contributed by atoms with van der Waals surface area (Å²) in [6.45, 7) is 3.91. The number of carbonyl (C=O) groups is 1. The monoisotopic (exact) mass is 206 g/mol. The van der Waals surface area contributed by atoms with E-state index in [1.807, 2.05) is 19.9 Å². The number of aromatic nitrogens is 1. The lowest BCUT2D eigenvalue weighted by Crippen LogP contribution is -2.06. The van der Waals surface area contributed by atoms with Gasteiger partial charge in [-0.2, -0.15) is 0 Å². The Hall–Kier alpha value is -1.84. The van der Waals surface area contributed by atoms with Crippen molar-refractivity contribution in [2.24, 2.45) is 0 Å². The van der Waals surface area contributed by atoms with Crippen LogP contribution >= 0.6 is 0 Å². The molecule has 0 radical (unpaired) electrons. The minimum Gasteiger partial charge on any atom is -0.465 e. The predicted molar refractivity (Wildman–Crippen MR) is 59.3 cm³/mol. The molecule has 0 spiro atoms. The summed E-state index contributed by atoms with van der Waals surface area (Å²) in [4.78, 5) is 15.4. The molecule has 0 saturated heterocycles. The molecule has 15 heavy (non-hydrogen) atoms. The van der Waals surface area contributed by atoms with Gasteiger partial charge in [-0.05, 0) is 26.0 Å². The Morgan fingerprint density at radius 1 is 1.53 bits per heavy atom. The fraction of sp³-hybridized carbons (Fsp3) is 0.273. The number of hydrogen-bond donors (Lipinski definition) is 1. The molecule has 1 aromatic heterocycles. The van der Waals surface area contributed by atoms with Crippen molar-refractivity contribution in [2.75, 3.05) is 12.8 Å². The number of methoxy groups -OCH3 is 1. The number of ether oxygens (including phenoxy) is 1. The average Bonchev–Trinajstić information content (AvgIpc) is 2.19. The Balaban J connectivity index is 3.16. The third-order valence-corrected chi connectivity index (χ3v) is 1.80. The highest BCUT2D eigenvalue weighted by atomic mass is 16.5. The van der Waals surface area contributed by atoms with E-state index in [1.54, 1.807) is 6.07 Å². The molecule has 0 aliphatic carbocycles. The van der Waals surface area contributed by atoms with E-state index in [0.717, 1.165) is 5.57 Å². The lowest BCUT2D eigenvalue weighted by atomic mass is 10.1. The minimum atomic E-state index is -0.446. The van der Waals surface area contributed by atoms with E-state index in [1.165, 1.54) is 13.3 Å². The van der Waals surface area contributed by atoms with Crippen LogP contribution in [0.25, 0.3) is 6.08 Å². The van der Waals surface area contributed by atoms with Crippen molar-refractivity contribution in [3.05, 3.63) is 29.1 Å². The van der Waals surface area contributed by atoms with Crippen LogP contribution in [-0.2, 0) is 4.74 Å². The van der Waals surface area contributed by atoms with Crippen molar-refractivity contribution >= 4 is 17.7 Å². The molecule has 80 valence electrons. The molecule has 0 aromatic carbocycles. The van der Waals surface area contributed by atoms with Gasteiger partial charge in [0.15, 0.2) is 0 Å². The third kappa shape index (κ3) is 2.80. The maximum Gasteiger partial charge on any atom is 0.340 e. The second-order valence-electron chi connectivity index (χ2n) is 3.41. The number of carbonyl (C=O) groups excluding carboxylic acids is 1. The van der Waals surface area contributed by atoms with Crippen LogP contribution in [0.3, 0.4) is 0 Å². The lowest BCUT2D eigenvalue weighted by molar-refractivity contribution is 0.0602. The summed E-state index contributed by atoms with van der Waals surface area (Å²) in [6, 6.07) is 1.62. The van der Waals surface area contributed by atoms with E-state index < -0.39 is 5.97 Å². The lowest BCUT2D eigenvalue weighted by Gasteiger charge is -2.04. The molecule has 2 N–H and O–H groups in total. The van der Waals surface area contributed by atoms with Gasteiger partial charge in [0, 0.05) is 0 Å². The molecule has 0 unspecified atom stereocenters. The topological polar surface area (TPSA) is 65.2 Å². The Kier molecular flexibility index (Phi) is 3.44. The molecule has 1 aromatic rings. The zero-order chi connectivity index (χ0) is 11.4. The largest absolute Gasteiger partial charge is 0.465 e. The summed E-state index contributed by atoms with van der Waals surface area (Å²) in [5, 5.41) is 0. The van der Waals surface area contributed by atoms with E-state index in [9.17, 15) is 4.79 Å². The van der Waals surface area contributed by atoms with E-state index in [0.29, 0.717) is 16.9 Å². The third-order valence-electron chi connectivity index (χ3n) is 1.80. The van der Waals surface area contributed by atoms with Crippen molar-refractivity contribution in [3.8, 4) is 0 Å². The number of esters is 1. The van der Waals surface area contributed by atoms with Crippen LogP contribution in [0.5, 0.6) is 0 Å².